The predicted molar refractivity (Wildman–Crippen MR) is 153 cm³/mol. The van der Waals surface area contributed by atoms with E-state index >= 15 is 4.39 Å². The van der Waals surface area contributed by atoms with Crippen molar-refractivity contribution in [1.82, 2.24) is 10.6 Å². The summed E-state index contributed by atoms with van der Waals surface area (Å²) in [5.74, 6) is -3.19. The minimum atomic E-state index is -4.43. The number of rotatable bonds is 11. The molecule has 0 aliphatic heterocycles. The van der Waals surface area contributed by atoms with Crippen LogP contribution >= 0.6 is 0 Å². The van der Waals surface area contributed by atoms with E-state index in [1.165, 1.54) is 30.3 Å². The van der Waals surface area contributed by atoms with Gasteiger partial charge in [-0.05, 0) is 60.4 Å². The fourth-order valence-corrected chi connectivity index (χ4v) is 5.31. The van der Waals surface area contributed by atoms with Crippen LogP contribution in [0.15, 0.2) is 119 Å². The molecule has 0 radical (unpaired) electrons. The van der Waals surface area contributed by atoms with Crippen LogP contribution in [0.3, 0.4) is 0 Å². The van der Waals surface area contributed by atoms with E-state index in [1.807, 2.05) is 30.3 Å². The molecule has 0 saturated carbocycles. The lowest BCUT2D eigenvalue weighted by molar-refractivity contribution is 0.0929. The maximum atomic E-state index is 15.2. The van der Waals surface area contributed by atoms with Crippen molar-refractivity contribution in [3.05, 3.63) is 148 Å². The zero-order valence-corrected chi connectivity index (χ0v) is 23.1. The van der Waals surface area contributed by atoms with Gasteiger partial charge in [0, 0.05) is 23.7 Å². The second-order valence-corrected chi connectivity index (χ2v) is 11.3. The molecular formula is C32H27F3N2O4S. The summed E-state index contributed by atoms with van der Waals surface area (Å²) < 4.78 is 67.9. The van der Waals surface area contributed by atoms with Crippen LogP contribution in [0.4, 0.5) is 13.2 Å². The van der Waals surface area contributed by atoms with Crippen molar-refractivity contribution in [2.75, 3.05) is 0 Å². The Labute approximate surface area is 241 Å². The Balaban J connectivity index is 1.54. The molecule has 10 heteroatoms. The lowest BCUT2D eigenvalue weighted by atomic mass is 10.0. The zero-order chi connectivity index (χ0) is 30.1. The molecule has 4 aromatic rings. The highest BCUT2D eigenvalue weighted by atomic mass is 32.2. The van der Waals surface area contributed by atoms with Crippen molar-refractivity contribution < 1.29 is 31.2 Å². The number of hydrogen-bond acceptors (Lipinski definition) is 4. The van der Waals surface area contributed by atoms with Crippen LogP contribution in [-0.4, -0.2) is 26.3 Å². The number of aryl methyl sites for hydroxylation is 1. The summed E-state index contributed by atoms with van der Waals surface area (Å²) in [6.07, 6.45) is 1.49. The van der Waals surface area contributed by atoms with Crippen LogP contribution < -0.4 is 10.6 Å². The SMILES string of the molecule is O=C(NCc1ccccc1C(=O)N[C@H](/C=C(\F)S(=O)(=O)c1ccccc1)CCc1ccccc1)c1cc(F)cc(F)c1. The molecule has 0 aliphatic carbocycles. The Morgan fingerprint density at radius 2 is 1.38 bits per heavy atom. The fourth-order valence-electron chi connectivity index (χ4n) is 4.23. The van der Waals surface area contributed by atoms with Crippen molar-refractivity contribution in [1.29, 1.82) is 0 Å². The highest BCUT2D eigenvalue weighted by molar-refractivity contribution is 7.95. The molecule has 2 N–H and O–H groups in total. The maximum absolute atomic E-state index is 15.2. The Morgan fingerprint density at radius 3 is 2.05 bits per heavy atom. The number of hydrogen-bond donors (Lipinski definition) is 2. The van der Waals surface area contributed by atoms with Gasteiger partial charge in [-0.25, -0.2) is 17.2 Å². The van der Waals surface area contributed by atoms with E-state index in [2.05, 4.69) is 10.6 Å². The summed E-state index contributed by atoms with van der Waals surface area (Å²) in [5.41, 5.74) is 1.21. The Kier molecular flexibility index (Phi) is 9.93. The molecule has 0 spiro atoms. The molecule has 1 atom stereocenters. The molecule has 0 unspecified atom stereocenters. The first-order valence-corrected chi connectivity index (χ1v) is 14.5. The average molecular weight is 593 g/mol. The van der Waals surface area contributed by atoms with Gasteiger partial charge < -0.3 is 10.6 Å². The smallest absolute Gasteiger partial charge is 0.252 e. The number of carbonyl (C=O) groups excluding carboxylic acids is 2. The second-order valence-electron chi connectivity index (χ2n) is 9.39. The summed E-state index contributed by atoms with van der Waals surface area (Å²) >= 11 is 0. The van der Waals surface area contributed by atoms with Crippen LogP contribution in [0, 0.1) is 11.6 Å². The second kappa shape index (κ2) is 13.8. The van der Waals surface area contributed by atoms with Gasteiger partial charge in [-0.2, -0.15) is 4.39 Å². The van der Waals surface area contributed by atoms with Gasteiger partial charge in [0.2, 0.25) is 15.0 Å². The molecule has 4 aromatic carbocycles. The van der Waals surface area contributed by atoms with E-state index in [4.69, 9.17) is 0 Å². The molecule has 42 heavy (non-hydrogen) atoms. The average Bonchev–Trinajstić information content (AvgIpc) is 2.99. The van der Waals surface area contributed by atoms with Gasteiger partial charge in [0.25, 0.3) is 11.8 Å². The van der Waals surface area contributed by atoms with Crippen LogP contribution in [0.5, 0.6) is 0 Å². The number of benzene rings is 4. The molecule has 4 rings (SSSR count). The molecule has 0 fully saturated rings. The molecule has 0 bridgehead atoms. The molecule has 6 nitrogen and oxygen atoms in total. The maximum Gasteiger partial charge on any atom is 0.252 e. The predicted octanol–water partition coefficient (Wildman–Crippen LogP) is 5.91. The van der Waals surface area contributed by atoms with E-state index in [0.29, 0.717) is 18.1 Å². The number of amides is 2. The Morgan fingerprint density at radius 1 is 0.786 bits per heavy atom. The van der Waals surface area contributed by atoms with E-state index in [-0.39, 0.29) is 29.0 Å². The van der Waals surface area contributed by atoms with Crippen molar-refractivity contribution in [3.8, 4) is 0 Å². The van der Waals surface area contributed by atoms with Gasteiger partial charge in [0.05, 0.1) is 10.9 Å². The van der Waals surface area contributed by atoms with Gasteiger partial charge >= 0.3 is 0 Å². The first-order chi connectivity index (χ1) is 20.1. The monoisotopic (exact) mass is 592 g/mol. The summed E-state index contributed by atoms with van der Waals surface area (Å²) in [5, 5.41) is 3.84. The van der Waals surface area contributed by atoms with Gasteiger partial charge in [-0.15, -0.1) is 0 Å². The first-order valence-electron chi connectivity index (χ1n) is 13.0. The van der Waals surface area contributed by atoms with Crippen LogP contribution in [0.1, 0.15) is 38.3 Å². The van der Waals surface area contributed by atoms with Crippen molar-refractivity contribution in [3.63, 3.8) is 0 Å². The Hall–Kier alpha value is -4.70. The van der Waals surface area contributed by atoms with Crippen LogP contribution in [0.2, 0.25) is 0 Å². The highest BCUT2D eigenvalue weighted by Gasteiger charge is 2.24. The third-order valence-corrected chi connectivity index (χ3v) is 7.91. The molecule has 0 saturated heterocycles. The lowest BCUT2D eigenvalue weighted by Crippen LogP contribution is -2.35. The van der Waals surface area contributed by atoms with E-state index in [0.717, 1.165) is 23.8 Å². The van der Waals surface area contributed by atoms with Crippen LogP contribution in [-0.2, 0) is 22.8 Å². The molecular weight excluding hydrogens is 565 g/mol. The normalized spacial score (nSPS) is 12.4. The van der Waals surface area contributed by atoms with Gasteiger partial charge in [0.15, 0.2) is 0 Å². The third-order valence-electron chi connectivity index (χ3n) is 6.37. The quantitative estimate of drug-likeness (QED) is 0.227. The van der Waals surface area contributed by atoms with Crippen LogP contribution in [0.25, 0.3) is 0 Å². The van der Waals surface area contributed by atoms with E-state index in [9.17, 15) is 26.8 Å². The number of sulfone groups is 1. The molecule has 0 aliphatic rings. The minimum absolute atomic E-state index is 0.146. The molecule has 0 heterocycles. The van der Waals surface area contributed by atoms with Crippen molar-refractivity contribution >= 4 is 21.7 Å². The standard InChI is InChI=1S/C32H27F3N2O4S/c33-25-17-24(18-26(34)19-25)31(38)36-21-23-11-7-8-14-29(23)32(39)37-27(16-15-22-9-3-1-4-10-22)20-30(35)42(40,41)28-12-5-2-6-13-28/h1-14,17-20,27H,15-16,21H2,(H,36,38)(H,37,39)/b30-20+/t27-/m0/s1. The largest absolute Gasteiger partial charge is 0.348 e. The molecule has 0 aromatic heterocycles. The van der Waals surface area contributed by atoms with E-state index < -0.39 is 44.5 Å². The van der Waals surface area contributed by atoms with Crippen molar-refractivity contribution in [2.45, 2.75) is 30.3 Å². The number of nitrogens with one attached hydrogen (secondary N) is 2. The fraction of sp³-hybridized carbons (Fsp3) is 0.125. The van der Waals surface area contributed by atoms with Gasteiger partial charge in [0.1, 0.15) is 11.6 Å². The van der Waals surface area contributed by atoms with Gasteiger partial charge in [-0.3, -0.25) is 9.59 Å². The highest BCUT2D eigenvalue weighted by Crippen LogP contribution is 2.22. The lowest BCUT2D eigenvalue weighted by Gasteiger charge is -2.18. The summed E-state index contributed by atoms with van der Waals surface area (Å²) in [4.78, 5) is 25.6. The van der Waals surface area contributed by atoms with E-state index in [1.54, 1.807) is 24.3 Å². The summed E-state index contributed by atoms with van der Waals surface area (Å²) in [7, 11) is -4.43. The topological polar surface area (TPSA) is 92.3 Å². The first kappa shape index (κ1) is 30.3. The molecule has 2 amide bonds. The van der Waals surface area contributed by atoms with Crippen molar-refractivity contribution in [2.24, 2.45) is 0 Å². The summed E-state index contributed by atoms with van der Waals surface area (Å²) in [6, 6.07) is 24.1. The minimum Gasteiger partial charge on any atom is -0.348 e. The Bertz CT molecular complexity index is 1680. The summed E-state index contributed by atoms with van der Waals surface area (Å²) in [6.45, 7) is -0.151. The number of halogens is 3. The van der Waals surface area contributed by atoms with Gasteiger partial charge in [-0.1, -0.05) is 66.7 Å². The third kappa shape index (κ3) is 7.94. The number of carbonyl (C=O) groups is 2. The zero-order valence-electron chi connectivity index (χ0n) is 22.3. The molecule has 216 valence electrons.